The summed E-state index contributed by atoms with van der Waals surface area (Å²) >= 11 is 5.57. The zero-order valence-corrected chi connectivity index (χ0v) is 22.4. The van der Waals surface area contributed by atoms with Gasteiger partial charge in [-0.2, -0.15) is 13.2 Å². The number of nitrogens with zero attached hydrogens (tertiary/aromatic N) is 4. The molecule has 2 aromatic rings. The predicted octanol–water partition coefficient (Wildman–Crippen LogP) is 5.41. The zero-order chi connectivity index (χ0) is 27.3. The van der Waals surface area contributed by atoms with Crippen LogP contribution in [0.5, 0.6) is 0 Å². The highest BCUT2D eigenvalue weighted by atomic mass is 32.1. The third-order valence-corrected chi connectivity index (χ3v) is 7.68. The number of thiocarbonyl (C=S) groups is 1. The number of piperidine rings is 1. The van der Waals surface area contributed by atoms with Gasteiger partial charge in [-0.3, -0.25) is 15.0 Å². The Morgan fingerprint density at radius 1 is 1.00 bits per heavy atom. The quantitative estimate of drug-likeness (QED) is 0.268. The van der Waals surface area contributed by atoms with E-state index in [1.54, 1.807) is 0 Å². The number of nitro groups is 1. The van der Waals surface area contributed by atoms with Crippen molar-refractivity contribution in [3.63, 3.8) is 0 Å². The van der Waals surface area contributed by atoms with Gasteiger partial charge in [0.25, 0.3) is 5.69 Å². The van der Waals surface area contributed by atoms with Crippen LogP contribution in [0, 0.1) is 17.0 Å². The maximum absolute atomic E-state index is 13.3. The first-order valence-electron chi connectivity index (χ1n) is 13.0. The van der Waals surface area contributed by atoms with E-state index in [0.29, 0.717) is 18.8 Å². The number of halogens is 3. The summed E-state index contributed by atoms with van der Waals surface area (Å²) in [6, 6.07) is 12.1. The van der Waals surface area contributed by atoms with Crippen molar-refractivity contribution in [2.24, 2.45) is 0 Å². The lowest BCUT2D eigenvalue weighted by Gasteiger charge is -2.36. The molecule has 2 saturated heterocycles. The first kappa shape index (κ1) is 28.1. The lowest BCUT2D eigenvalue weighted by Crippen LogP contribution is -2.47. The van der Waals surface area contributed by atoms with Crippen LogP contribution in [0.3, 0.4) is 0 Å². The van der Waals surface area contributed by atoms with Gasteiger partial charge in [0.1, 0.15) is 5.56 Å². The molecule has 0 saturated carbocycles. The fourth-order valence-electron chi connectivity index (χ4n) is 5.14. The topological polar surface area (TPSA) is 64.9 Å². The normalized spacial score (nSPS) is 17.5. The van der Waals surface area contributed by atoms with Gasteiger partial charge in [0.2, 0.25) is 0 Å². The maximum Gasteiger partial charge on any atom is 0.423 e. The Morgan fingerprint density at radius 3 is 2.21 bits per heavy atom. The van der Waals surface area contributed by atoms with Crippen LogP contribution in [0.25, 0.3) is 0 Å². The van der Waals surface area contributed by atoms with E-state index < -0.39 is 22.4 Å². The summed E-state index contributed by atoms with van der Waals surface area (Å²) in [4.78, 5) is 17.6. The first-order valence-corrected chi connectivity index (χ1v) is 13.4. The number of rotatable bonds is 8. The van der Waals surface area contributed by atoms with Crippen molar-refractivity contribution in [3.8, 4) is 0 Å². The molecule has 38 heavy (non-hydrogen) atoms. The van der Waals surface area contributed by atoms with Crippen LogP contribution in [0.2, 0.25) is 0 Å². The number of aryl methyl sites for hydroxylation is 1. The number of hydrogen-bond acceptors (Lipinski definition) is 6. The number of benzene rings is 2. The van der Waals surface area contributed by atoms with Crippen molar-refractivity contribution in [2.45, 2.75) is 44.8 Å². The van der Waals surface area contributed by atoms with Gasteiger partial charge >= 0.3 is 6.18 Å². The monoisotopic (exact) mass is 549 g/mol. The van der Waals surface area contributed by atoms with E-state index in [1.807, 2.05) is 4.90 Å². The molecular formula is C27H34F3N5O2S. The van der Waals surface area contributed by atoms with Crippen molar-refractivity contribution in [2.75, 3.05) is 55.6 Å². The highest BCUT2D eigenvalue weighted by Crippen LogP contribution is 2.38. The zero-order valence-electron chi connectivity index (χ0n) is 21.5. The second-order valence-electron chi connectivity index (χ2n) is 10.1. The van der Waals surface area contributed by atoms with E-state index in [9.17, 15) is 23.3 Å². The minimum Gasteiger partial charge on any atom is -0.377 e. The summed E-state index contributed by atoms with van der Waals surface area (Å²) in [7, 11) is 0. The minimum absolute atomic E-state index is 0.178. The molecule has 0 amide bonds. The number of alkyl halides is 3. The highest BCUT2D eigenvalue weighted by molar-refractivity contribution is 7.80. The van der Waals surface area contributed by atoms with Crippen LogP contribution in [0.1, 0.15) is 36.8 Å². The molecule has 2 aromatic carbocycles. The van der Waals surface area contributed by atoms with E-state index in [0.717, 1.165) is 75.5 Å². The van der Waals surface area contributed by atoms with Crippen LogP contribution in [-0.4, -0.2) is 66.7 Å². The van der Waals surface area contributed by atoms with Crippen LogP contribution in [-0.2, 0) is 6.18 Å². The highest BCUT2D eigenvalue weighted by Gasteiger charge is 2.39. The van der Waals surface area contributed by atoms with Gasteiger partial charge in [-0.25, -0.2) is 0 Å². The molecule has 7 nitrogen and oxygen atoms in total. The van der Waals surface area contributed by atoms with Gasteiger partial charge in [-0.15, -0.1) is 0 Å². The van der Waals surface area contributed by atoms with Crippen LogP contribution in [0.4, 0.5) is 30.2 Å². The number of hydrogen-bond donors (Lipinski definition) is 1. The molecule has 2 aliphatic rings. The largest absolute Gasteiger partial charge is 0.423 e. The standard InChI is InChI=1S/C27H34F3N5O2S/c1-20-4-6-22(7-5-20)34-17-15-32(16-18-34)12-2-3-26(38)31-21-10-13-33(14-11-21)23-8-9-25(35(36)37)24(19-23)27(28,29)30/h4-9,19,21H,2-3,10-18H2,1H3,(H,31,38). The van der Waals surface area contributed by atoms with Crippen LogP contribution in [0.15, 0.2) is 42.5 Å². The summed E-state index contributed by atoms with van der Waals surface area (Å²) in [5, 5.41) is 14.4. The number of nitro benzene ring substituents is 1. The summed E-state index contributed by atoms with van der Waals surface area (Å²) in [5.41, 5.74) is 0.772. The molecule has 1 N–H and O–H groups in total. The lowest BCUT2D eigenvalue weighted by molar-refractivity contribution is -0.388. The molecular weight excluding hydrogens is 515 g/mol. The van der Waals surface area contributed by atoms with Crippen molar-refractivity contribution < 1.29 is 18.1 Å². The maximum atomic E-state index is 13.3. The Kier molecular flexibility index (Phi) is 9.09. The molecule has 4 rings (SSSR count). The van der Waals surface area contributed by atoms with Crippen LogP contribution < -0.4 is 15.1 Å². The molecule has 0 radical (unpaired) electrons. The molecule has 0 atom stereocenters. The second-order valence-corrected chi connectivity index (χ2v) is 10.5. The summed E-state index contributed by atoms with van der Waals surface area (Å²) in [6.07, 6.45) is -1.51. The fraction of sp³-hybridized carbons (Fsp3) is 0.519. The molecule has 0 spiro atoms. The number of nitrogens with one attached hydrogen (secondary N) is 1. The SMILES string of the molecule is Cc1ccc(N2CCN(CCCC(=S)NC3CCN(c4ccc([N+](=O)[O-])c(C(F)(F)F)c4)CC3)CC2)cc1. The van der Waals surface area contributed by atoms with Gasteiger partial charge < -0.3 is 15.1 Å². The molecule has 11 heteroatoms. The average molecular weight is 550 g/mol. The Labute approximate surface area is 226 Å². The molecule has 0 unspecified atom stereocenters. The lowest BCUT2D eigenvalue weighted by atomic mass is 10.0. The van der Waals surface area contributed by atoms with Gasteiger partial charge in [-0.1, -0.05) is 29.9 Å². The smallest absolute Gasteiger partial charge is 0.377 e. The third-order valence-electron chi connectivity index (χ3n) is 7.36. The van der Waals surface area contributed by atoms with Gasteiger partial charge in [-0.05, 0) is 63.4 Å². The molecule has 0 aromatic heterocycles. The average Bonchev–Trinajstić information content (AvgIpc) is 2.89. The van der Waals surface area contributed by atoms with Crippen molar-refractivity contribution in [1.29, 1.82) is 0 Å². The van der Waals surface area contributed by atoms with E-state index >= 15 is 0 Å². The molecule has 0 bridgehead atoms. The van der Waals surface area contributed by atoms with Gasteiger partial charge in [0.05, 0.1) is 9.91 Å². The van der Waals surface area contributed by atoms with Gasteiger partial charge in [0.15, 0.2) is 0 Å². The second kappa shape index (κ2) is 12.3. The molecule has 2 heterocycles. The van der Waals surface area contributed by atoms with Crippen molar-refractivity contribution in [3.05, 3.63) is 63.7 Å². The summed E-state index contributed by atoms with van der Waals surface area (Å²) in [6.45, 7) is 8.32. The molecule has 206 valence electrons. The Hall–Kier alpha value is -2.92. The van der Waals surface area contributed by atoms with Crippen LogP contribution >= 0.6 is 12.2 Å². The van der Waals surface area contributed by atoms with E-state index in [-0.39, 0.29) is 6.04 Å². The summed E-state index contributed by atoms with van der Waals surface area (Å²) < 4.78 is 40.0. The molecule has 2 fully saturated rings. The number of piperazine rings is 1. The number of anilines is 2. The summed E-state index contributed by atoms with van der Waals surface area (Å²) in [5.74, 6) is 0. The van der Waals surface area contributed by atoms with E-state index in [1.165, 1.54) is 17.3 Å². The van der Waals surface area contributed by atoms with Crippen molar-refractivity contribution in [1.82, 2.24) is 10.2 Å². The molecule has 2 aliphatic heterocycles. The fourth-order valence-corrected chi connectivity index (χ4v) is 5.45. The predicted molar refractivity (Wildman–Crippen MR) is 148 cm³/mol. The Bertz CT molecular complexity index is 1110. The molecule has 0 aliphatic carbocycles. The minimum atomic E-state index is -4.78. The van der Waals surface area contributed by atoms with E-state index in [2.05, 4.69) is 46.3 Å². The first-order chi connectivity index (χ1) is 18.1. The Morgan fingerprint density at radius 2 is 1.61 bits per heavy atom. The third kappa shape index (κ3) is 7.35. The van der Waals surface area contributed by atoms with Gasteiger partial charge in [0, 0.05) is 62.8 Å². The van der Waals surface area contributed by atoms with E-state index in [4.69, 9.17) is 12.2 Å². The Balaban J connectivity index is 1.16. The van der Waals surface area contributed by atoms with Crippen molar-refractivity contribution >= 4 is 34.3 Å².